The van der Waals surface area contributed by atoms with Crippen molar-refractivity contribution in [2.75, 3.05) is 6.61 Å². The van der Waals surface area contributed by atoms with E-state index in [1.54, 1.807) is 6.92 Å². The monoisotopic (exact) mass is 169 g/mol. The Kier molecular flexibility index (Phi) is 2.57. The summed E-state index contributed by atoms with van der Waals surface area (Å²) >= 11 is 0. The summed E-state index contributed by atoms with van der Waals surface area (Å²) in [5.74, 6) is -0.725. The molecule has 0 aromatic carbocycles. The van der Waals surface area contributed by atoms with E-state index in [1.807, 2.05) is 0 Å². The lowest BCUT2D eigenvalue weighted by Crippen LogP contribution is -2.02. The van der Waals surface area contributed by atoms with E-state index in [0.29, 0.717) is 0 Å². The standard InChI is InChI=1S/C7H7NO4/c1-2-11-7(9)5-3-4-6(8-10)12-5/h3-4H,2H2,1H3. The molecule has 1 heterocycles. The topological polar surface area (TPSA) is 68.9 Å². The highest BCUT2D eigenvalue weighted by molar-refractivity contribution is 5.86. The predicted octanol–water partition coefficient (Wildman–Crippen LogP) is 1.85. The number of furan rings is 1. The fraction of sp³-hybridized carbons (Fsp3) is 0.286. The molecule has 0 aliphatic carbocycles. The van der Waals surface area contributed by atoms with Gasteiger partial charge in [-0.1, -0.05) is 0 Å². The van der Waals surface area contributed by atoms with Gasteiger partial charge in [-0.2, -0.15) is 0 Å². The molecular weight excluding hydrogens is 162 g/mol. The van der Waals surface area contributed by atoms with Crippen molar-refractivity contribution >= 4 is 11.9 Å². The SMILES string of the molecule is CCOC(=O)c1ccc(N=O)o1. The van der Waals surface area contributed by atoms with Crippen LogP contribution in [0.3, 0.4) is 0 Å². The lowest BCUT2D eigenvalue weighted by Gasteiger charge is -1.95. The maximum Gasteiger partial charge on any atom is 0.374 e. The molecule has 5 nitrogen and oxygen atoms in total. The number of rotatable bonds is 3. The van der Waals surface area contributed by atoms with Gasteiger partial charge >= 0.3 is 5.97 Å². The van der Waals surface area contributed by atoms with Gasteiger partial charge in [0.1, 0.15) is 0 Å². The van der Waals surface area contributed by atoms with Crippen LogP contribution in [0, 0.1) is 4.91 Å². The second kappa shape index (κ2) is 3.66. The van der Waals surface area contributed by atoms with E-state index in [-0.39, 0.29) is 18.3 Å². The molecular formula is C7H7NO4. The molecule has 0 aliphatic rings. The van der Waals surface area contributed by atoms with Crippen LogP contribution in [0.4, 0.5) is 5.88 Å². The van der Waals surface area contributed by atoms with E-state index < -0.39 is 5.97 Å². The first kappa shape index (κ1) is 8.45. The summed E-state index contributed by atoms with van der Waals surface area (Å²) in [5, 5.41) is 2.51. The van der Waals surface area contributed by atoms with Crippen molar-refractivity contribution in [1.82, 2.24) is 0 Å². The normalized spacial score (nSPS) is 9.42. The molecule has 0 aliphatic heterocycles. The average Bonchev–Trinajstić information content (AvgIpc) is 2.52. The van der Waals surface area contributed by atoms with Crippen molar-refractivity contribution in [2.45, 2.75) is 6.92 Å². The van der Waals surface area contributed by atoms with Gasteiger partial charge in [0.25, 0.3) is 5.88 Å². The highest BCUT2D eigenvalue weighted by atomic mass is 16.5. The van der Waals surface area contributed by atoms with Crippen LogP contribution in [0.15, 0.2) is 21.7 Å². The van der Waals surface area contributed by atoms with E-state index in [9.17, 15) is 9.70 Å². The second-order valence-corrected chi connectivity index (χ2v) is 1.95. The van der Waals surface area contributed by atoms with Gasteiger partial charge in [-0.3, -0.25) is 0 Å². The highest BCUT2D eigenvalue weighted by Crippen LogP contribution is 2.16. The van der Waals surface area contributed by atoms with E-state index in [1.165, 1.54) is 12.1 Å². The number of ether oxygens (including phenoxy) is 1. The summed E-state index contributed by atoms with van der Waals surface area (Å²) in [5.41, 5.74) is 0. The fourth-order valence-electron chi connectivity index (χ4n) is 0.689. The molecule has 0 saturated carbocycles. The van der Waals surface area contributed by atoms with Crippen molar-refractivity contribution in [3.63, 3.8) is 0 Å². The van der Waals surface area contributed by atoms with E-state index in [2.05, 4.69) is 9.91 Å². The minimum Gasteiger partial charge on any atom is -0.460 e. The molecule has 0 radical (unpaired) electrons. The summed E-state index contributed by atoms with van der Waals surface area (Å²) in [6.07, 6.45) is 0. The molecule has 1 rings (SSSR count). The Morgan fingerprint density at radius 2 is 2.42 bits per heavy atom. The van der Waals surface area contributed by atoms with E-state index in [4.69, 9.17) is 4.42 Å². The lowest BCUT2D eigenvalue weighted by atomic mass is 10.4. The third kappa shape index (κ3) is 1.69. The summed E-state index contributed by atoms with van der Waals surface area (Å²) in [6, 6.07) is 2.65. The molecule has 1 aromatic rings. The summed E-state index contributed by atoms with van der Waals surface area (Å²) in [6.45, 7) is 1.95. The molecule has 0 spiro atoms. The van der Waals surface area contributed by atoms with Gasteiger partial charge in [0.05, 0.1) is 6.61 Å². The largest absolute Gasteiger partial charge is 0.460 e. The first-order valence-electron chi connectivity index (χ1n) is 3.38. The van der Waals surface area contributed by atoms with Crippen molar-refractivity contribution in [1.29, 1.82) is 0 Å². The molecule has 0 bridgehead atoms. The fourth-order valence-corrected chi connectivity index (χ4v) is 0.689. The minimum absolute atomic E-state index is 0.00792. The van der Waals surface area contributed by atoms with Crippen LogP contribution in [0.5, 0.6) is 0 Å². The Morgan fingerprint density at radius 3 is 2.92 bits per heavy atom. The van der Waals surface area contributed by atoms with Crippen molar-refractivity contribution in [2.24, 2.45) is 5.18 Å². The Hall–Kier alpha value is -1.65. The first-order chi connectivity index (χ1) is 5.77. The average molecular weight is 169 g/mol. The Labute approximate surface area is 68.3 Å². The van der Waals surface area contributed by atoms with Gasteiger partial charge in [-0.25, -0.2) is 4.79 Å². The predicted molar refractivity (Wildman–Crippen MR) is 40.1 cm³/mol. The van der Waals surface area contributed by atoms with Crippen LogP contribution >= 0.6 is 0 Å². The molecule has 0 fully saturated rings. The van der Waals surface area contributed by atoms with Gasteiger partial charge in [0, 0.05) is 11.2 Å². The van der Waals surface area contributed by atoms with Crippen LogP contribution in [-0.2, 0) is 4.74 Å². The summed E-state index contributed by atoms with van der Waals surface area (Å²) in [4.78, 5) is 20.8. The highest BCUT2D eigenvalue weighted by Gasteiger charge is 2.11. The third-order valence-corrected chi connectivity index (χ3v) is 1.16. The van der Waals surface area contributed by atoms with Crippen LogP contribution in [0.1, 0.15) is 17.5 Å². The number of hydrogen-bond donors (Lipinski definition) is 0. The quantitative estimate of drug-likeness (QED) is 0.511. The lowest BCUT2D eigenvalue weighted by molar-refractivity contribution is 0.0491. The molecule has 1 aromatic heterocycles. The first-order valence-corrected chi connectivity index (χ1v) is 3.38. The van der Waals surface area contributed by atoms with Crippen LogP contribution < -0.4 is 0 Å². The zero-order valence-corrected chi connectivity index (χ0v) is 6.44. The summed E-state index contributed by atoms with van der Waals surface area (Å²) in [7, 11) is 0. The zero-order valence-electron chi connectivity index (χ0n) is 6.44. The van der Waals surface area contributed by atoms with Crippen molar-refractivity contribution in [3.8, 4) is 0 Å². The molecule has 0 atom stereocenters. The van der Waals surface area contributed by atoms with Gasteiger partial charge < -0.3 is 9.15 Å². The molecule has 64 valence electrons. The molecule has 12 heavy (non-hydrogen) atoms. The molecule has 0 saturated heterocycles. The van der Waals surface area contributed by atoms with Crippen molar-refractivity contribution in [3.05, 3.63) is 22.8 Å². The zero-order chi connectivity index (χ0) is 8.97. The third-order valence-electron chi connectivity index (χ3n) is 1.16. The van der Waals surface area contributed by atoms with Crippen LogP contribution in [0.25, 0.3) is 0 Å². The smallest absolute Gasteiger partial charge is 0.374 e. The minimum atomic E-state index is -0.590. The molecule has 5 heteroatoms. The Morgan fingerprint density at radius 1 is 1.67 bits per heavy atom. The number of nitroso groups, excluding NO2 is 1. The maximum absolute atomic E-state index is 10.9. The number of carbonyl (C=O) groups is 1. The van der Waals surface area contributed by atoms with E-state index >= 15 is 0 Å². The Bertz CT molecular complexity index is 291. The van der Waals surface area contributed by atoms with Crippen molar-refractivity contribution < 1.29 is 13.9 Å². The number of carbonyl (C=O) groups excluding carboxylic acids is 1. The van der Waals surface area contributed by atoms with Gasteiger partial charge in [0.2, 0.25) is 5.76 Å². The van der Waals surface area contributed by atoms with Gasteiger partial charge in [0.15, 0.2) is 0 Å². The number of hydrogen-bond acceptors (Lipinski definition) is 5. The Balaban J connectivity index is 2.74. The van der Waals surface area contributed by atoms with Crippen LogP contribution in [0.2, 0.25) is 0 Å². The summed E-state index contributed by atoms with van der Waals surface area (Å²) < 4.78 is 9.30. The number of nitrogens with zero attached hydrogens (tertiary/aromatic N) is 1. The maximum atomic E-state index is 10.9. The number of esters is 1. The molecule has 0 amide bonds. The van der Waals surface area contributed by atoms with Gasteiger partial charge in [-0.05, 0) is 13.0 Å². The molecule has 0 unspecified atom stereocenters. The molecule has 0 N–H and O–H groups in total. The van der Waals surface area contributed by atoms with Gasteiger partial charge in [-0.15, -0.1) is 4.91 Å². The second-order valence-electron chi connectivity index (χ2n) is 1.95. The van der Waals surface area contributed by atoms with Crippen LogP contribution in [-0.4, -0.2) is 12.6 Å². The van der Waals surface area contributed by atoms with E-state index in [0.717, 1.165) is 0 Å².